The van der Waals surface area contributed by atoms with Crippen LogP contribution < -0.4 is 11.5 Å². The maximum Gasteiger partial charge on any atom is 0.179 e. The topological polar surface area (TPSA) is 77.8 Å². The van der Waals surface area contributed by atoms with Crippen LogP contribution in [-0.4, -0.2) is 10.2 Å². The van der Waals surface area contributed by atoms with Crippen LogP contribution in [0.4, 0.5) is 11.4 Å². The van der Waals surface area contributed by atoms with E-state index in [0.717, 1.165) is 14.2 Å². The molecule has 0 saturated carbocycles. The highest BCUT2D eigenvalue weighted by atomic mass is 32.2. The molecule has 0 atom stereocenters. The van der Waals surface area contributed by atoms with Crippen LogP contribution in [0, 0.1) is 6.92 Å². The van der Waals surface area contributed by atoms with Crippen molar-refractivity contribution >= 4 is 34.5 Å². The predicted molar refractivity (Wildman–Crippen MR) is 64.0 cm³/mol. The number of aromatic nitrogens is 2. The summed E-state index contributed by atoms with van der Waals surface area (Å²) in [7, 11) is 0. The first kappa shape index (κ1) is 10.3. The number of nitrogens with two attached hydrogens (primary N) is 2. The largest absolute Gasteiger partial charge is 0.397 e. The molecule has 0 radical (unpaired) electrons. The minimum Gasteiger partial charge on any atom is -0.397 e. The van der Waals surface area contributed by atoms with Crippen LogP contribution in [0.1, 0.15) is 5.01 Å². The number of benzene rings is 1. The van der Waals surface area contributed by atoms with Crippen molar-refractivity contribution in [1.29, 1.82) is 0 Å². The zero-order valence-corrected chi connectivity index (χ0v) is 9.73. The van der Waals surface area contributed by atoms with E-state index in [1.165, 1.54) is 0 Å². The molecule has 0 spiro atoms. The fraction of sp³-hybridized carbons (Fsp3) is 0.111. The zero-order valence-electron chi connectivity index (χ0n) is 8.10. The van der Waals surface area contributed by atoms with Crippen molar-refractivity contribution in [2.24, 2.45) is 0 Å². The molecule has 1 heterocycles. The van der Waals surface area contributed by atoms with Gasteiger partial charge in [-0.25, -0.2) is 0 Å². The van der Waals surface area contributed by atoms with Crippen molar-refractivity contribution in [2.75, 3.05) is 11.5 Å². The quantitative estimate of drug-likeness (QED) is 0.784. The Kier molecular flexibility index (Phi) is 2.79. The average molecular weight is 238 g/mol. The second-order valence-corrected chi connectivity index (χ2v) is 5.48. The van der Waals surface area contributed by atoms with Gasteiger partial charge in [0.25, 0.3) is 0 Å². The Balaban J connectivity index is 2.21. The van der Waals surface area contributed by atoms with Gasteiger partial charge in [0.15, 0.2) is 4.34 Å². The Hall–Kier alpha value is -1.27. The van der Waals surface area contributed by atoms with Gasteiger partial charge in [0.2, 0.25) is 0 Å². The van der Waals surface area contributed by atoms with Crippen molar-refractivity contribution in [1.82, 2.24) is 10.2 Å². The second kappa shape index (κ2) is 4.08. The standard InChI is InChI=1S/C9H10N4S2/c1-5-12-13-9(14-5)15-6-2-3-7(10)8(11)4-6/h2-4H,10-11H2,1H3. The van der Waals surface area contributed by atoms with E-state index in [1.54, 1.807) is 29.2 Å². The monoisotopic (exact) mass is 238 g/mol. The maximum absolute atomic E-state index is 5.71. The molecule has 0 aliphatic carbocycles. The van der Waals surface area contributed by atoms with Gasteiger partial charge >= 0.3 is 0 Å². The number of nitrogens with zero attached hydrogens (tertiary/aromatic N) is 2. The molecule has 15 heavy (non-hydrogen) atoms. The molecule has 2 rings (SSSR count). The minimum atomic E-state index is 0.598. The van der Waals surface area contributed by atoms with E-state index in [-0.39, 0.29) is 0 Å². The molecule has 6 heteroatoms. The summed E-state index contributed by atoms with van der Waals surface area (Å²) in [5.74, 6) is 0. The van der Waals surface area contributed by atoms with E-state index in [2.05, 4.69) is 10.2 Å². The van der Waals surface area contributed by atoms with Gasteiger partial charge in [0, 0.05) is 4.90 Å². The van der Waals surface area contributed by atoms with Gasteiger partial charge in [-0.3, -0.25) is 0 Å². The van der Waals surface area contributed by atoms with Gasteiger partial charge < -0.3 is 11.5 Å². The summed E-state index contributed by atoms with van der Waals surface area (Å²) in [5, 5.41) is 8.93. The van der Waals surface area contributed by atoms with Crippen LogP contribution >= 0.6 is 23.1 Å². The lowest BCUT2D eigenvalue weighted by atomic mass is 10.3. The van der Waals surface area contributed by atoms with E-state index >= 15 is 0 Å². The molecule has 0 aliphatic rings. The Labute approximate surface area is 95.7 Å². The Morgan fingerprint density at radius 2 is 2.00 bits per heavy atom. The molecule has 0 saturated heterocycles. The van der Waals surface area contributed by atoms with Crippen LogP contribution in [0.5, 0.6) is 0 Å². The first-order chi connectivity index (χ1) is 7.15. The van der Waals surface area contributed by atoms with E-state index in [0.29, 0.717) is 11.4 Å². The van der Waals surface area contributed by atoms with Gasteiger partial charge in [-0.15, -0.1) is 10.2 Å². The van der Waals surface area contributed by atoms with Crippen molar-refractivity contribution in [3.63, 3.8) is 0 Å². The zero-order chi connectivity index (χ0) is 10.8. The molecule has 0 unspecified atom stereocenters. The van der Waals surface area contributed by atoms with Crippen molar-refractivity contribution in [3.05, 3.63) is 23.2 Å². The molecular formula is C9H10N4S2. The third-order valence-corrected chi connectivity index (χ3v) is 3.65. The summed E-state index contributed by atoms with van der Waals surface area (Å²) in [6, 6.07) is 5.56. The maximum atomic E-state index is 5.71. The van der Waals surface area contributed by atoms with E-state index in [9.17, 15) is 0 Å². The smallest absolute Gasteiger partial charge is 0.179 e. The highest BCUT2D eigenvalue weighted by molar-refractivity contribution is 8.01. The minimum absolute atomic E-state index is 0.598. The molecule has 0 amide bonds. The number of nitrogen functional groups attached to an aromatic ring is 2. The summed E-state index contributed by atoms with van der Waals surface area (Å²) in [4.78, 5) is 1.03. The van der Waals surface area contributed by atoms with Gasteiger partial charge in [0.1, 0.15) is 5.01 Å². The average Bonchev–Trinajstić information content (AvgIpc) is 2.58. The summed E-state index contributed by atoms with van der Waals surface area (Å²) in [6.45, 7) is 1.93. The predicted octanol–water partition coefficient (Wildman–Crippen LogP) is 2.16. The van der Waals surface area contributed by atoms with Crippen LogP contribution in [0.15, 0.2) is 27.4 Å². The lowest BCUT2D eigenvalue weighted by molar-refractivity contribution is 0.984. The summed E-state index contributed by atoms with van der Waals surface area (Å²) in [5.41, 5.74) is 12.5. The second-order valence-electron chi connectivity index (χ2n) is 2.98. The van der Waals surface area contributed by atoms with Crippen LogP contribution in [0.3, 0.4) is 0 Å². The van der Waals surface area contributed by atoms with Gasteiger partial charge in [-0.2, -0.15) is 0 Å². The molecule has 2 aromatic rings. The number of hydrogen-bond acceptors (Lipinski definition) is 6. The summed E-state index contributed by atoms with van der Waals surface area (Å²) < 4.78 is 0.914. The first-order valence-corrected chi connectivity index (χ1v) is 5.91. The SMILES string of the molecule is Cc1nnc(Sc2ccc(N)c(N)c2)s1. The Morgan fingerprint density at radius 1 is 1.20 bits per heavy atom. The fourth-order valence-corrected chi connectivity index (χ4v) is 2.88. The van der Waals surface area contributed by atoms with E-state index in [1.807, 2.05) is 19.1 Å². The van der Waals surface area contributed by atoms with Gasteiger partial charge in [-0.05, 0) is 25.1 Å². The number of hydrogen-bond donors (Lipinski definition) is 2. The highest BCUT2D eigenvalue weighted by Crippen LogP contribution is 2.32. The van der Waals surface area contributed by atoms with Crippen molar-refractivity contribution < 1.29 is 0 Å². The number of anilines is 2. The molecular weight excluding hydrogens is 228 g/mol. The van der Waals surface area contributed by atoms with Gasteiger partial charge in [-0.1, -0.05) is 23.1 Å². The first-order valence-electron chi connectivity index (χ1n) is 4.28. The molecule has 0 aliphatic heterocycles. The van der Waals surface area contributed by atoms with Crippen LogP contribution in [0.2, 0.25) is 0 Å². The van der Waals surface area contributed by atoms with Crippen molar-refractivity contribution in [3.8, 4) is 0 Å². The molecule has 1 aromatic heterocycles. The Morgan fingerprint density at radius 3 is 2.60 bits per heavy atom. The fourth-order valence-electron chi connectivity index (χ4n) is 1.04. The van der Waals surface area contributed by atoms with E-state index in [4.69, 9.17) is 11.5 Å². The third kappa shape index (κ3) is 2.40. The van der Waals surface area contributed by atoms with E-state index < -0.39 is 0 Å². The summed E-state index contributed by atoms with van der Waals surface area (Å²) in [6.07, 6.45) is 0. The molecule has 4 nitrogen and oxygen atoms in total. The highest BCUT2D eigenvalue weighted by Gasteiger charge is 2.04. The van der Waals surface area contributed by atoms with Crippen LogP contribution in [0.25, 0.3) is 0 Å². The normalized spacial score (nSPS) is 10.5. The molecule has 1 aromatic carbocycles. The summed E-state index contributed by atoms with van der Waals surface area (Å²) >= 11 is 3.10. The number of aryl methyl sites for hydroxylation is 1. The Bertz CT molecular complexity index is 481. The third-order valence-electron chi connectivity index (χ3n) is 1.77. The van der Waals surface area contributed by atoms with Crippen LogP contribution in [-0.2, 0) is 0 Å². The van der Waals surface area contributed by atoms with Crippen molar-refractivity contribution in [2.45, 2.75) is 16.2 Å². The lowest BCUT2D eigenvalue weighted by Gasteiger charge is -2.01. The lowest BCUT2D eigenvalue weighted by Crippen LogP contribution is -1.93. The number of rotatable bonds is 2. The molecule has 0 fully saturated rings. The van der Waals surface area contributed by atoms with Gasteiger partial charge in [0.05, 0.1) is 11.4 Å². The molecule has 0 bridgehead atoms. The molecule has 4 N–H and O–H groups in total. The molecule has 78 valence electrons.